The van der Waals surface area contributed by atoms with Crippen LogP contribution in [-0.2, 0) is 9.53 Å². The van der Waals surface area contributed by atoms with Gasteiger partial charge in [0.2, 0.25) is 0 Å². The van der Waals surface area contributed by atoms with Crippen LogP contribution in [0.4, 0.5) is 0 Å². The second-order valence-corrected chi connectivity index (χ2v) is 7.50. The van der Waals surface area contributed by atoms with E-state index in [1.165, 1.54) is 24.7 Å². The fourth-order valence-electron chi connectivity index (χ4n) is 5.20. The highest BCUT2D eigenvalue weighted by atomic mass is 16.5. The predicted molar refractivity (Wildman–Crippen MR) is 104 cm³/mol. The molecule has 0 bridgehead atoms. The van der Waals surface area contributed by atoms with Gasteiger partial charge in [-0.1, -0.05) is 24.6 Å². The number of hydrogen-bond donors (Lipinski definition) is 0. The summed E-state index contributed by atoms with van der Waals surface area (Å²) in [5.74, 6) is 2.25. The first-order valence-corrected chi connectivity index (χ1v) is 9.57. The number of ether oxygens (including phenoxy) is 3. The van der Waals surface area contributed by atoms with Crippen LogP contribution in [0.3, 0.4) is 0 Å². The van der Waals surface area contributed by atoms with E-state index in [0.717, 1.165) is 29.9 Å². The molecule has 1 fully saturated rings. The maximum Gasteiger partial charge on any atom is 0.313 e. The number of rotatable bonds is 4. The summed E-state index contributed by atoms with van der Waals surface area (Å²) in [5, 5.41) is 0. The predicted octanol–water partition coefficient (Wildman–Crippen LogP) is 4.64. The summed E-state index contributed by atoms with van der Waals surface area (Å²) in [5.41, 5.74) is 3.54. The number of fused-ring (bicyclic) bond motifs is 3. The Morgan fingerprint density at radius 2 is 1.59 bits per heavy atom. The molecule has 0 radical (unpaired) electrons. The molecule has 4 atom stereocenters. The Balaban J connectivity index is 1.86. The summed E-state index contributed by atoms with van der Waals surface area (Å²) in [6.07, 6.45) is 3.48. The number of hydrogen-bond acceptors (Lipinski definition) is 4. The van der Waals surface area contributed by atoms with Gasteiger partial charge in [0.15, 0.2) is 0 Å². The number of carbonyl (C=O) groups excluding carboxylic acids is 1. The van der Waals surface area contributed by atoms with Crippen LogP contribution in [-0.4, -0.2) is 27.3 Å². The van der Waals surface area contributed by atoms with E-state index in [4.69, 9.17) is 14.2 Å². The molecule has 2 aliphatic rings. The third-order valence-electron chi connectivity index (χ3n) is 6.37. The van der Waals surface area contributed by atoms with Crippen molar-refractivity contribution in [1.29, 1.82) is 0 Å². The second kappa shape index (κ2) is 7.26. The third kappa shape index (κ3) is 2.97. The van der Waals surface area contributed by atoms with Gasteiger partial charge in [0.1, 0.15) is 11.5 Å². The van der Waals surface area contributed by atoms with Crippen LogP contribution in [0, 0.1) is 5.92 Å². The lowest BCUT2D eigenvalue weighted by Gasteiger charge is -2.41. The highest BCUT2D eigenvalue weighted by Gasteiger charge is 2.48. The van der Waals surface area contributed by atoms with Gasteiger partial charge in [0, 0.05) is 5.92 Å². The zero-order chi connectivity index (χ0) is 19.0. The molecule has 0 aliphatic heterocycles. The van der Waals surface area contributed by atoms with Gasteiger partial charge in [-0.3, -0.25) is 4.79 Å². The smallest absolute Gasteiger partial charge is 0.313 e. The molecule has 27 heavy (non-hydrogen) atoms. The van der Waals surface area contributed by atoms with E-state index >= 15 is 0 Å². The normalized spacial score (nSPS) is 26.0. The minimum atomic E-state index is -0.288. The van der Waals surface area contributed by atoms with Gasteiger partial charge in [0.25, 0.3) is 0 Å². The van der Waals surface area contributed by atoms with Gasteiger partial charge >= 0.3 is 5.97 Å². The van der Waals surface area contributed by atoms with E-state index in [2.05, 4.69) is 24.3 Å². The van der Waals surface area contributed by atoms with E-state index in [-0.39, 0.29) is 17.8 Å². The molecule has 4 heteroatoms. The Labute approximate surface area is 160 Å². The van der Waals surface area contributed by atoms with Gasteiger partial charge in [-0.05, 0) is 65.6 Å². The molecule has 0 unspecified atom stereocenters. The quantitative estimate of drug-likeness (QED) is 0.740. The molecule has 0 spiro atoms. The van der Waals surface area contributed by atoms with E-state index in [0.29, 0.717) is 11.8 Å². The van der Waals surface area contributed by atoms with Gasteiger partial charge in [-0.2, -0.15) is 0 Å². The lowest BCUT2D eigenvalue weighted by Crippen LogP contribution is -2.34. The first-order chi connectivity index (χ1) is 13.2. The summed E-state index contributed by atoms with van der Waals surface area (Å²) in [6, 6.07) is 14.3. The van der Waals surface area contributed by atoms with E-state index < -0.39 is 0 Å². The van der Waals surface area contributed by atoms with Crippen LogP contribution in [0.15, 0.2) is 42.5 Å². The number of carbonyl (C=O) groups is 1. The molecule has 0 aromatic heterocycles. The average molecular weight is 366 g/mol. The van der Waals surface area contributed by atoms with Crippen molar-refractivity contribution >= 4 is 5.97 Å². The van der Waals surface area contributed by atoms with Crippen LogP contribution in [0.1, 0.15) is 53.7 Å². The maximum absolute atomic E-state index is 12.9. The molecule has 0 heterocycles. The summed E-state index contributed by atoms with van der Waals surface area (Å²) in [4.78, 5) is 12.9. The number of benzene rings is 2. The molecule has 2 aromatic rings. The minimum Gasteiger partial charge on any atom is -0.497 e. The van der Waals surface area contributed by atoms with E-state index in [1.807, 2.05) is 18.2 Å². The topological polar surface area (TPSA) is 44.8 Å². The van der Waals surface area contributed by atoms with Crippen LogP contribution in [0.2, 0.25) is 0 Å². The summed E-state index contributed by atoms with van der Waals surface area (Å²) < 4.78 is 16.0. The van der Waals surface area contributed by atoms with E-state index in [9.17, 15) is 4.79 Å². The molecule has 2 aromatic carbocycles. The van der Waals surface area contributed by atoms with Crippen molar-refractivity contribution in [2.24, 2.45) is 5.92 Å². The van der Waals surface area contributed by atoms with Gasteiger partial charge in [-0.25, -0.2) is 0 Å². The molecular weight excluding hydrogens is 340 g/mol. The Kier molecular flexibility index (Phi) is 4.81. The Hall–Kier alpha value is -2.49. The standard InChI is InChI=1S/C23H26O4/c1-25-15-9-7-14(8-10-15)21-18-6-4-5-17(18)20-13-16(26-2)11-12-19(20)22(21)23(24)27-3/h7-13,17-18,21-22H,4-6H2,1-3H3/t17-,18+,21+,22-/m1/s1. The van der Waals surface area contributed by atoms with Crippen molar-refractivity contribution < 1.29 is 19.0 Å². The molecule has 142 valence electrons. The Morgan fingerprint density at radius 1 is 0.889 bits per heavy atom. The van der Waals surface area contributed by atoms with Crippen molar-refractivity contribution in [2.45, 2.75) is 37.0 Å². The molecule has 0 saturated heterocycles. The molecule has 1 saturated carbocycles. The first-order valence-electron chi connectivity index (χ1n) is 9.57. The summed E-state index contributed by atoms with van der Waals surface area (Å²) >= 11 is 0. The molecule has 4 nitrogen and oxygen atoms in total. The SMILES string of the molecule is COC(=O)[C@@H]1c2ccc(OC)cc2[C@@H]2CCC[C@@H]2[C@@H]1c1ccc(OC)cc1. The molecule has 2 aliphatic carbocycles. The zero-order valence-corrected chi connectivity index (χ0v) is 16.1. The minimum absolute atomic E-state index is 0.122. The second-order valence-electron chi connectivity index (χ2n) is 7.50. The van der Waals surface area contributed by atoms with E-state index in [1.54, 1.807) is 14.2 Å². The Bertz CT molecular complexity index is 827. The maximum atomic E-state index is 12.9. The molecule has 4 rings (SSSR count). The summed E-state index contributed by atoms with van der Waals surface area (Å²) in [7, 11) is 4.84. The average Bonchev–Trinajstić information content (AvgIpc) is 3.21. The van der Waals surface area contributed by atoms with Gasteiger partial charge in [-0.15, -0.1) is 0 Å². The lowest BCUT2D eigenvalue weighted by atomic mass is 9.62. The molecule has 0 N–H and O–H groups in total. The highest BCUT2D eigenvalue weighted by Crippen LogP contribution is 2.58. The largest absolute Gasteiger partial charge is 0.497 e. The fourth-order valence-corrected chi connectivity index (χ4v) is 5.20. The molecular formula is C23H26O4. The van der Waals surface area contributed by atoms with Gasteiger partial charge < -0.3 is 14.2 Å². The van der Waals surface area contributed by atoms with Crippen molar-refractivity contribution in [1.82, 2.24) is 0 Å². The lowest BCUT2D eigenvalue weighted by molar-refractivity contribution is -0.143. The Morgan fingerprint density at radius 3 is 2.26 bits per heavy atom. The monoisotopic (exact) mass is 366 g/mol. The van der Waals surface area contributed by atoms with Crippen molar-refractivity contribution in [3.63, 3.8) is 0 Å². The fraction of sp³-hybridized carbons (Fsp3) is 0.435. The van der Waals surface area contributed by atoms with Crippen LogP contribution in [0.5, 0.6) is 11.5 Å². The van der Waals surface area contributed by atoms with Crippen LogP contribution < -0.4 is 9.47 Å². The zero-order valence-electron chi connectivity index (χ0n) is 16.1. The van der Waals surface area contributed by atoms with Crippen LogP contribution >= 0.6 is 0 Å². The molecule has 0 amide bonds. The number of esters is 1. The van der Waals surface area contributed by atoms with Crippen molar-refractivity contribution in [3.05, 3.63) is 59.2 Å². The highest BCUT2D eigenvalue weighted by molar-refractivity contribution is 5.81. The van der Waals surface area contributed by atoms with Crippen LogP contribution in [0.25, 0.3) is 0 Å². The first kappa shape index (κ1) is 17.9. The van der Waals surface area contributed by atoms with Gasteiger partial charge in [0.05, 0.1) is 27.2 Å². The number of methoxy groups -OCH3 is 3. The third-order valence-corrected chi connectivity index (χ3v) is 6.37. The van der Waals surface area contributed by atoms with Crippen molar-refractivity contribution in [2.75, 3.05) is 21.3 Å². The van der Waals surface area contributed by atoms with Crippen molar-refractivity contribution in [3.8, 4) is 11.5 Å². The summed E-state index contributed by atoms with van der Waals surface area (Å²) in [6.45, 7) is 0.